The molecule has 0 spiro atoms. The summed E-state index contributed by atoms with van der Waals surface area (Å²) in [7, 11) is 0. The summed E-state index contributed by atoms with van der Waals surface area (Å²) >= 11 is 3.38. The Balaban J connectivity index is 2.20. The lowest BCUT2D eigenvalue weighted by molar-refractivity contribution is -0.116. The van der Waals surface area contributed by atoms with Crippen LogP contribution in [0.3, 0.4) is 0 Å². The van der Waals surface area contributed by atoms with Crippen molar-refractivity contribution in [3.63, 3.8) is 0 Å². The monoisotopic (exact) mass is 411 g/mol. The fourth-order valence-corrected chi connectivity index (χ4v) is 4.91. The maximum atomic E-state index is 15.0. The fourth-order valence-electron chi connectivity index (χ4n) is 4.08. The summed E-state index contributed by atoms with van der Waals surface area (Å²) in [5, 5.41) is 2.24. The Morgan fingerprint density at radius 2 is 2.12 bits per heavy atom. The van der Waals surface area contributed by atoms with Crippen LogP contribution in [0.1, 0.15) is 57.1 Å². The predicted molar refractivity (Wildman–Crippen MR) is 96.4 cm³/mol. The number of allylic oxidation sites excluding steroid dienone is 2. The number of carbonyl (C=O) groups is 2. The van der Waals surface area contributed by atoms with Crippen molar-refractivity contribution >= 4 is 38.9 Å². The van der Waals surface area contributed by atoms with E-state index in [-0.39, 0.29) is 11.2 Å². The van der Waals surface area contributed by atoms with Crippen molar-refractivity contribution in [2.45, 2.75) is 52.4 Å². The summed E-state index contributed by atoms with van der Waals surface area (Å²) in [4.78, 5) is 23.5. The quantitative estimate of drug-likeness (QED) is 0.746. The standard InChI is InChI=1S/C19H20BrF2NO2/c1-3-4-6-19-7-5-14(25)16(20)15(19)11-8-13(21)18(23-10(2)24)17(22)12(11)9-19/h8H,3-7,9H2,1-2H3,(H,23,24). The van der Waals surface area contributed by atoms with Crippen LogP contribution in [0.2, 0.25) is 0 Å². The van der Waals surface area contributed by atoms with E-state index in [2.05, 4.69) is 28.2 Å². The van der Waals surface area contributed by atoms with Crippen molar-refractivity contribution < 1.29 is 18.4 Å². The molecular weight excluding hydrogens is 392 g/mol. The molecule has 1 amide bonds. The average molecular weight is 412 g/mol. The molecule has 0 bridgehead atoms. The summed E-state index contributed by atoms with van der Waals surface area (Å²) in [5.74, 6) is -2.09. The number of amides is 1. The van der Waals surface area contributed by atoms with Crippen molar-refractivity contribution in [2.75, 3.05) is 5.32 Å². The van der Waals surface area contributed by atoms with Gasteiger partial charge in [-0.2, -0.15) is 0 Å². The third-order valence-corrected chi connectivity index (χ3v) is 6.08. The minimum Gasteiger partial charge on any atom is -0.321 e. The maximum absolute atomic E-state index is 15.0. The zero-order valence-electron chi connectivity index (χ0n) is 14.3. The third-order valence-electron chi connectivity index (χ3n) is 5.24. The SMILES string of the molecule is CCCCC12CCC(=O)C(Br)=C1c1cc(F)c(NC(C)=O)c(F)c1C2. The van der Waals surface area contributed by atoms with E-state index in [1.54, 1.807) is 0 Å². The summed E-state index contributed by atoms with van der Waals surface area (Å²) in [6.45, 7) is 3.30. The number of hydrogen-bond acceptors (Lipinski definition) is 2. The van der Waals surface area contributed by atoms with Gasteiger partial charge in [-0.05, 0) is 58.0 Å². The molecule has 1 aromatic rings. The van der Waals surface area contributed by atoms with Crippen LogP contribution in [0, 0.1) is 17.0 Å². The number of unbranched alkanes of at least 4 members (excludes halogenated alkanes) is 1. The number of benzene rings is 1. The molecule has 6 heteroatoms. The van der Waals surface area contributed by atoms with Gasteiger partial charge in [0.15, 0.2) is 11.6 Å². The van der Waals surface area contributed by atoms with Crippen molar-refractivity contribution in [1.82, 2.24) is 0 Å². The molecule has 2 aliphatic rings. The van der Waals surface area contributed by atoms with Gasteiger partial charge in [0.25, 0.3) is 0 Å². The number of anilines is 1. The van der Waals surface area contributed by atoms with Crippen molar-refractivity contribution in [1.29, 1.82) is 0 Å². The van der Waals surface area contributed by atoms with E-state index in [4.69, 9.17) is 0 Å². The highest BCUT2D eigenvalue weighted by atomic mass is 79.9. The molecule has 3 rings (SSSR count). The van der Waals surface area contributed by atoms with Crippen LogP contribution in [0.4, 0.5) is 14.5 Å². The Morgan fingerprint density at radius 1 is 1.40 bits per heavy atom. The van der Waals surface area contributed by atoms with Gasteiger partial charge >= 0.3 is 0 Å². The van der Waals surface area contributed by atoms with Gasteiger partial charge in [-0.1, -0.05) is 19.8 Å². The first kappa shape index (κ1) is 18.2. The van der Waals surface area contributed by atoms with Gasteiger partial charge in [0, 0.05) is 18.8 Å². The summed E-state index contributed by atoms with van der Waals surface area (Å²) in [6, 6.07) is 1.26. The zero-order chi connectivity index (χ0) is 18.4. The molecule has 1 unspecified atom stereocenters. The first-order valence-electron chi connectivity index (χ1n) is 8.53. The number of hydrogen-bond donors (Lipinski definition) is 1. The topological polar surface area (TPSA) is 46.2 Å². The van der Waals surface area contributed by atoms with Crippen LogP contribution in [0.25, 0.3) is 5.57 Å². The molecule has 1 aromatic carbocycles. The van der Waals surface area contributed by atoms with Crippen LogP contribution in [-0.2, 0) is 16.0 Å². The van der Waals surface area contributed by atoms with Crippen LogP contribution < -0.4 is 5.32 Å². The van der Waals surface area contributed by atoms with E-state index < -0.39 is 23.2 Å². The molecule has 0 heterocycles. The molecule has 25 heavy (non-hydrogen) atoms. The highest BCUT2D eigenvalue weighted by Crippen LogP contribution is 2.58. The normalized spacial score (nSPS) is 22.0. The molecule has 0 saturated heterocycles. The predicted octanol–water partition coefficient (Wildman–Crippen LogP) is 5.12. The third kappa shape index (κ3) is 2.94. The van der Waals surface area contributed by atoms with Crippen LogP contribution >= 0.6 is 15.9 Å². The molecule has 134 valence electrons. The Bertz CT molecular complexity index is 803. The molecular formula is C19H20BrF2NO2. The first-order chi connectivity index (χ1) is 11.8. The number of rotatable bonds is 4. The van der Waals surface area contributed by atoms with E-state index in [0.29, 0.717) is 34.9 Å². The highest BCUT2D eigenvalue weighted by molar-refractivity contribution is 9.12. The van der Waals surface area contributed by atoms with E-state index in [0.717, 1.165) is 24.8 Å². The second kappa shape index (κ2) is 6.63. The van der Waals surface area contributed by atoms with Crippen molar-refractivity contribution in [3.05, 3.63) is 33.3 Å². The van der Waals surface area contributed by atoms with Gasteiger partial charge in [-0.25, -0.2) is 8.78 Å². The molecule has 0 aliphatic heterocycles. The number of halogens is 3. The molecule has 1 N–H and O–H groups in total. The lowest BCUT2D eigenvalue weighted by atomic mass is 9.69. The molecule has 3 nitrogen and oxygen atoms in total. The summed E-state index contributed by atoms with van der Waals surface area (Å²) in [5.41, 5.74) is 0.841. The second-order valence-electron chi connectivity index (χ2n) is 6.93. The lowest BCUT2D eigenvalue weighted by Crippen LogP contribution is -2.27. The first-order valence-corrected chi connectivity index (χ1v) is 9.32. The van der Waals surface area contributed by atoms with E-state index in [1.165, 1.54) is 13.0 Å². The number of fused-ring (bicyclic) bond motifs is 3. The van der Waals surface area contributed by atoms with Crippen LogP contribution in [0.15, 0.2) is 10.5 Å². The Morgan fingerprint density at radius 3 is 2.76 bits per heavy atom. The highest BCUT2D eigenvalue weighted by Gasteiger charge is 2.48. The Labute approximate surface area is 154 Å². The van der Waals surface area contributed by atoms with E-state index >= 15 is 0 Å². The van der Waals surface area contributed by atoms with Crippen molar-refractivity contribution in [2.24, 2.45) is 5.41 Å². The fraction of sp³-hybridized carbons (Fsp3) is 0.474. The van der Waals surface area contributed by atoms with Gasteiger partial charge in [0.05, 0.1) is 4.48 Å². The molecule has 2 aliphatic carbocycles. The minimum atomic E-state index is -0.816. The largest absolute Gasteiger partial charge is 0.321 e. The van der Waals surface area contributed by atoms with Crippen molar-refractivity contribution in [3.8, 4) is 0 Å². The number of Topliss-reactive ketones (excluding diaryl/α,β-unsaturated/α-hetero) is 1. The molecule has 0 fully saturated rings. The summed E-state index contributed by atoms with van der Waals surface area (Å²) < 4.78 is 29.9. The van der Waals surface area contributed by atoms with Crippen LogP contribution in [-0.4, -0.2) is 11.7 Å². The van der Waals surface area contributed by atoms with Gasteiger partial charge in [-0.15, -0.1) is 0 Å². The second-order valence-corrected chi connectivity index (χ2v) is 7.72. The molecule has 0 radical (unpaired) electrons. The summed E-state index contributed by atoms with van der Waals surface area (Å²) in [6.07, 6.45) is 4.25. The Hall–Kier alpha value is -1.56. The lowest BCUT2D eigenvalue weighted by Gasteiger charge is -2.35. The van der Waals surface area contributed by atoms with E-state index in [1.807, 2.05) is 0 Å². The van der Waals surface area contributed by atoms with Gasteiger partial charge < -0.3 is 5.32 Å². The minimum absolute atomic E-state index is 0.0262. The number of nitrogens with one attached hydrogen (secondary N) is 1. The molecule has 1 atom stereocenters. The van der Waals surface area contributed by atoms with Gasteiger partial charge in [0.2, 0.25) is 5.91 Å². The molecule has 0 saturated carbocycles. The van der Waals surface area contributed by atoms with Crippen LogP contribution in [0.5, 0.6) is 0 Å². The van der Waals surface area contributed by atoms with Gasteiger partial charge in [0.1, 0.15) is 11.5 Å². The zero-order valence-corrected chi connectivity index (χ0v) is 15.9. The van der Waals surface area contributed by atoms with Gasteiger partial charge in [-0.3, -0.25) is 9.59 Å². The smallest absolute Gasteiger partial charge is 0.221 e. The maximum Gasteiger partial charge on any atom is 0.221 e. The number of carbonyl (C=O) groups excluding carboxylic acids is 2. The average Bonchev–Trinajstić information content (AvgIpc) is 2.88. The Kier molecular flexibility index (Phi) is 4.84. The van der Waals surface area contributed by atoms with E-state index in [9.17, 15) is 18.4 Å². The molecule has 0 aromatic heterocycles. The number of ketones is 1.